The van der Waals surface area contributed by atoms with E-state index in [0.29, 0.717) is 17.4 Å². The largest absolute Gasteiger partial charge is 0.488 e. The summed E-state index contributed by atoms with van der Waals surface area (Å²) in [5.41, 5.74) is 1.75. The zero-order chi connectivity index (χ0) is 12.8. The maximum absolute atomic E-state index is 8.56. The van der Waals surface area contributed by atoms with E-state index in [4.69, 9.17) is 21.5 Å². The summed E-state index contributed by atoms with van der Waals surface area (Å²) in [5.74, 6) is 0.672. The van der Waals surface area contributed by atoms with Gasteiger partial charge in [0.25, 0.3) is 0 Å². The van der Waals surface area contributed by atoms with Crippen molar-refractivity contribution < 1.29 is 9.94 Å². The molecule has 0 aromatic heterocycles. The smallest absolute Gasteiger partial charge is 0.128 e. The van der Waals surface area contributed by atoms with Gasteiger partial charge in [-0.25, -0.2) is 0 Å². The maximum Gasteiger partial charge on any atom is 0.128 e. The summed E-state index contributed by atoms with van der Waals surface area (Å²) in [6, 6.07) is 14.8. The molecule has 0 aliphatic carbocycles. The quantitative estimate of drug-likeness (QED) is 0.518. The number of nitrogens with zero attached hydrogens (tertiary/aromatic N) is 1. The van der Waals surface area contributed by atoms with Crippen LogP contribution in [0.5, 0.6) is 5.75 Å². The number of hydrogen-bond donors (Lipinski definition) is 1. The van der Waals surface area contributed by atoms with Crippen molar-refractivity contribution >= 4 is 17.8 Å². The molecule has 92 valence electrons. The van der Waals surface area contributed by atoms with Gasteiger partial charge in [-0.1, -0.05) is 41.0 Å². The number of oxime groups is 1. The van der Waals surface area contributed by atoms with E-state index in [1.165, 1.54) is 6.21 Å². The van der Waals surface area contributed by atoms with Gasteiger partial charge in [0.1, 0.15) is 12.4 Å². The Bertz CT molecular complexity index is 538. The fourth-order valence-electron chi connectivity index (χ4n) is 1.52. The van der Waals surface area contributed by atoms with Gasteiger partial charge >= 0.3 is 0 Å². The van der Waals surface area contributed by atoms with Gasteiger partial charge in [0, 0.05) is 10.6 Å². The number of halogens is 1. The summed E-state index contributed by atoms with van der Waals surface area (Å²) < 4.78 is 5.67. The van der Waals surface area contributed by atoms with Crippen molar-refractivity contribution in [2.75, 3.05) is 0 Å². The Morgan fingerprint density at radius 3 is 2.56 bits per heavy atom. The topological polar surface area (TPSA) is 41.8 Å². The van der Waals surface area contributed by atoms with Crippen LogP contribution in [-0.4, -0.2) is 11.4 Å². The summed E-state index contributed by atoms with van der Waals surface area (Å²) in [6.45, 7) is 0.438. The van der Waals surface area contributed by atoms with Crippen molar-refractivity contribution in [3.05, 3.63) is 64.7 Å². The highest BCUT2D eigenvalue weighted by molar-refractivity contribution is 6.30. The van der Waals surface area contributed by atoms with Gasteiger partial charge in [0.15, 0.2) is 0 Å². The summed E-state index contributed by atoms with van der Waals surface area (Å²) in [5, 5.41) is 12.3. The molecule has 2 aromatic carbocycles. The van der Waals surface area contributed by atoms with Crippen molar-refractivity contribution in [1.29, 1.82) is 0 Å². The van der Waals surface area contributed by atoms with Gasteiger partial charge in [-0.05, 0) is 29.8 Å². The molecule has 18 heavy (non-hydrogen) atoms. The van der Waals surface area contributed by atoms with Crippen LogP contribution in [0.15, 0.2) is 53.7 Å². The Hall–Kier alpha value is -2.00. The molecular formula is C14H12ClNO2. The first-order valence-electron chi connectivity index (χ1n) is 5.43. The molecule has 0 fully saturated rings. The van der Waals surface area contributed by atoms with Gasteiger partial charge in [-0.15, -0.1) is 0 Å². The van der Waals surface area contributed by atoms with Crippen LogP contribution in [0.3, 0.4) is 0 Å². The molecule has 0 atom stereocenters. The first-order chi connectivity index (χ1) is 8.79. The molecule has 0 bridgehead atoms. The SMILES string of the molecule is ON=Cc1ccccc1OCc1ccc(Cl)cc1. The van der Waals surface area contributed by atoms with E-state index in [2.05, 4.69) is 5.16 Å². The lowest BCUT2D eigenvalue weighted by Crippen LogP contribution is -1.98. The molecule has 2 aromatic rings. The Morgan fingerprint density at radius 1 is 1.11 bits per heavy atom. The van der Waals surface area contributed by atoms with E-state index >= 15 is 0 Å². The van der Waals surface area contributed by atoms with Gasteiger partial charge in [0.2, 0.25) is 0 Å². The highest BCUT2D eigenvalue weighted by atomic mass is 35.5. The number of hydrogen-bond acceptors (Lipinski definition) is 3. The molecule has 0 unspecified atom stereocenters. The van der Waals surface area contributed by atoms with Crippen LogP contribution in [-0.2, 0) is 6.61 Å². The first-order valence-corrected chi connectivity index (χ1v) is 5.81. The minimum absolute atomic E-state index is 0.438. The van der Waals surface area contributed by atoms with E-state index in [1.54, 1.807) is 0 Å². The van der Waals surface area contributed by atoms with E-state index in [0.717, 1.165) is 11.1 Å². The number of benzene rings is 2. The summed E-state index contributed by atoms with van der Waals surface area (Å²) in [7, 11) is 0. The number of rotatable bonds is 4. The van der Waals surface area contributed by atoms with Crippen LogP contribution in [0.4, 0.5) is 0 Å². The predicted octanol–water partition coefficient (Wildman–Crippen LogP) is 3.73. The molecule has 4 heteroatoms. The molecular weight excluding hydrogens is 250 g/mol. The maximum atomic E-state index is 8.56. The molecule has 1 N–H and O–H groups in total. The average Bonchev–Trinajstić information content (AvgIpc) is 2.40. The number of para-hydroxylation sites is 1. The zero-order valence-electron chi connectivity index (χ0n) is 9.58. The lowest BCUT2D eigenvalue weighted by Gasteiger charge is -2.08. The van der Waals surface area contributed by atoms with Crippen molar-refractivity contribution in [2.24, 2.45) is 5.16 Å². The molecule has 2 rings (SSSR count). The molecule has 0 spiro atoms. The normalized spacial score (nSPS) is 10.7. The standard InChI is InChI=1S/C14H12ClNO2/c15-13-7-5-11(6-8-13)10-18-14-4-2-1-3-12(14)9-16-17/h1-9,17H,10H2. The van der Waals surface area contributed by atoms with E-state index in [1.807, 2.05) is 48.5 Å². The molecule has 0 radical (unpaired) electrons. The molecule has 0 heterocycles. The Labute approximate surface area is 110 Å². The fourth-order valence-corrected chi connectivity index (χ4v) is 1.65. The minimum Gasteiger partial charge on any atom is -0.488 e. The molecule has 0 aliphatic heterocycles. The fraction of sp³-hybridized carbons (Fsp3) is 0.0714. The molecule has 0 saturated heterocycles. The third-order valence-electron chi connectivity index (χ3n) is 2.42. The lowest BCUT2D eigenvalue weighted by atomic mass is 10.2. The van der Waals surface area contributed by atoms with Crippen LogP contribution in [0, 0.1) is 0 Å². The van der Waals surface area contributed by atoms with Gasteiger partial charge in [-0.2, -0.15) is 0 Å². The summed E-state index contributed by atoms with van der Waals surface area (Å²) >= 11 is 5.81. The molecule has 0 aliphatic rings. The number of ether oxygens (including phenoxy) is 1. The Balaban J connectivity index is 2.08. The van der Waals surface area contributed by atoms with Gasteiger partial charge < -0.3 is 9.94 Å². The van der Waals surface area contributed by atoms with Crippen LogP contribution in [0.25, 0.3) is 0 Å². The van der Waals surface area contributed by atoms with Crippen LogP contribution < -0.4 is 4.74 Å². The highest BCUT2D eigenvalue weighted by Gasteiger charge is 2.01. The van der Waals surface area contributed by atoms with E-state index < -0.39 is 0 Å². The third kappa shape index (κ3) is 3.25. The summed E-state index contributed by atoms with van der Waals surface area (Å²) in [4.78, 5) is 0. The monoisotopic (exact) mass is 261 g/mol. The van der Waals surface area contributed by atoms with E-state index in [9.17, 15) is 0 Å². The van der Waals surface area contributed by atoms with Gasteiger partial charge in [0.05, 0.1) is 6.21 Å². The minimum atomic E-state index is 0.438. The Morgan fingerprint density at radius 2 is 1.83 bits per heavy atom. The molecule has 3 nitrogen and oxygen atoms in total. The van der Waals surface area contributed by atoms with Crippen LogP contribution in [0.1, 0.15) is 11.1 Å². The third-order valence-corrected chi connectivity index (χ3v) is 2.68. The second-order valence-electron chi connectivity index (χ2n) is 3.70. The van der Waals surface area contributed by atoms with E-state index in [-0.39, 0.29) is 0 Å². The van der Waals surface area contributed by atoms with Crippen molar-refractivity contribution in [1.82, 2.24) is 0 Å². The van der Waals surface area contributed by atoms with Gasteiger partial charge in [-0.3, -0.25) is 0 Å². The molecule has 0 amide bonds. The second kappa shape index (κ2) is 6.07. The van der Waals surface area contributed by atoms with Crippen LogP contribution in [0.2, 0.25) is 5.02 Å². The summed E-state index contributed by atoms with van der Waals surface area (Å²) in [6.07, 6.45) is 1.34. The van der Waals surface area contributed by atoms with Crippen LogP contribution >= 0.6 is 11.6 Å². The molecule has 0 saturated carbocycles. The zero-order valence-corrected chi connectivity index (χ0v) is 10.3. The highest BCUT2D eigenvalue weighted by Crippen LogP contribution is 2.18. The lowest BCUT2D eigenvalue weighted by molar-refractivity contribution is 0.304. The average molecular weight is 262 g/mol. The van der Waals surface area contributed by atoms with Crippen molar-refractivity contribution in [3.63, 3.8) is 0 Å². The predicted molar refractivity (Wildman–Crippen MR) is 71.6 cm³/mol. The van der Waals surface area contributed by atoms with Crippen molar-refractivity contribution in [3.8, 4) is 5.75 Å². The Kier molecular flexibility index (Phi) is 4.20. The second-order valence-corrected chi connectivity index (χ2v) is 4.13. The first kappa shape index (κ1) is 12.5. The van der Waals surface area contributed by atoms with Crippen molar-refractivity contribution in [2.45, 2.75) is 6.61 Å².